The first kappa shape index (κ1) is 13.1. The maximum absolute atomic E-state index is 13.3. The Balaban J connectivity index is 2.75. The molecular formula is C11H16FNO2S. The zero-order valence-electron chi connectivity index (χ0n) is 9.40. The van der Waals surface area contributed by atoms with Gasteiger partial charge in [0.1, 0.15) is 15.7 Å². The molecule has 0 aromatic heterocycles. The van der Waals surface area contributed by atoms with Crippen molar-refractivity contribution in [2.24, 2.45) is 0 Å². The van der Waals surface area contributed by atoms with Gasteiger partial charge in [-0.2, -0.15) is 0 Å². The van der Waals surface area contributed by atoms with Crippen molar-refractivity contribution in [3.05, 3.63) is 35.6 Å². The van der Waals surface area contributed by atoms with E-state index in [0.29, 0.717) is 12.0 Å². The molecule has 90 valence electrons. The first-order valence-electron chi connectivity index (χ1n) is 5.01. The number of hydrogen-bond acceptors (Lipinski definition) is 3. The van der Waals surface area contributed by atoms with Crippen LogP contribution in [0.25, 0.3) is 0 Å². The summed E-state index contributed by atoms with van der Waals surface area (Å²) >= 11 is 0. The highest BCUT2D eigenvalue weighted by molar-refractivity contribution is 7.90. The van der Waals surface area contributed by atoms with Crippen LogP contribution in [0.4, 0.5) is 4.39 Å². The maximum atomic E-state index is 13.3. The lowest BCUT2D eigenvalue weighted by atomic mass is 10.1. The molecule has 0 aliphatic rings. The van der Waals surface area contributed by atoms with Crippen molar-refractivity contribution in [2.75, 3.05) is 19.1 Å². The number of hydrogen-bond donors (Lipinski definition) is 1. The van der Waals surface area contributed by atoms with Gasteiger partial charge in [-0.15, -0.1) is 0 Å². The third-order valence-corrected chi connectivity index (χ3v) is 3.34. The Morgan fingerprint density at radius 2 is 2.00 bits per heavy atom. The Morgan fingerprint density at radius 1 is 1.38 bits per heavy atom. The Hall–Kier alpha value is -0.940. The number of benzene rings is 1. The van der Waals surface area contributed by atoms with Crippen molar-refractivity contribution in [2.45, 2.75) is 12.5 Å². The van der Waals surface area contributed by atoms with Crippen LogP contribution in [0.1, 0.15) is 5.56 Å². The second kappa shape index (κ2) is 5.41. The molecule has 0 heterocycles. The molecule has 0 radical (unpaired) electrons. The molecular weight excluding hydrogens is 229 g/mol. The van der Waals surface area contributed by atoms with E-state index < -0.39 is 9.84 Å². The highest BCUT2D eigenvalue weighted by atomic mass is 32.2. The van der Waals surface area contributed by atoms with Crippen molar-refractivity contribution >= 4 is 9.84 Å². The minimum Gasteiger partial charge on any atom is -0.316 e. The van der Waals surface area contributed by atoms with E-state index in [-0.39, 0.29) is 17.6 Å². The molecule has 0 aliphatic heterocycles. The summed E-state index contributed by atoms with van der Waals surface area (Å²) in [5.74, 6) is -0.283. The van der Waals surface area contributed by atoms with Crippen molar-refractivity contribution < 1.29 is 12.8 Å². The monoisotopic (exact) mass is 245 g/mol. The van der Waals surface area contributed by atoms with E-state index in [0.717, 1.165) is 0 Å². The molecule has 1 unspecified atom stereocenters. The predicted octanol–water partition coefficient (Wildman–Crippen LogP) is 1.00. The Labute approximate surface area is 95.6 Å². The van der Waals surface area contributed by atoms with Crippen molar-refractivity contribution in [3.8, 4) is 0 Å². The average molecular weight is 245 g/mol. The van der Waals surface area contributed by atoms with E-state index in [1.807, 2.05) is 0 Å². The van der Waals surface area contributed by atoms with Crippen LogP contribution in [0.15, 0.2) is 24.3 Å². The minimum absolute atomic E-state index is 0.0117. The fourth-order valence-electron chi connectivity index (χ4n) is 1.54. The van der Waals surface area contributed by atoms with Gasteiger partial charge in [0.05, 0.1) is 5.75 Å². The van der Waals surface area contributed by atoms with Gasteiger partial charge in [-0.3, -0.25) is 0 Å². The lowest BCUT2D eigenvalue weighted by Crippen LogP contribution is -2.34. The van der Waals surface area contributed by atoms with E-state index >= 15 is 0 Å². The van der Waals surface area contributed by atoms with Gasteiger partial charge in [0.15, 0.2) is 0 Å². The third kappa shape index (κ3) is 4.28. The average Bonchev–Trinajstić information content (AvgIpc) is 2.18. The predicted molar refractivity (Wildman–Crippen MR) is 62.7 cm³/mol. The lowest BCUT2D eigenvalue weighted by Gasteiger charge is -2.15. The second-order valence-corrected chi connectivity index (χ2v) is 6.06. The summed E-state index contributed by atoms with van der Waals surface area (Å²) in [5.41, 5.74) is 0.533. The second-order valence-electron chi connectivity index (χ2n) is 3.87. The molecule has 1 aromatic carbocycles. The molecule has 0 bridgehead atoms. The van der Waals surface area contributed by atoms with E-state index in [4.69, 9.17) is 0 Å². The van der Waals surface area contributed by atoms with Crippen LogP contribution in [-0.4, -0.2) is 33.5 Å². The number of rotatable bonds is 5. The summed E-state index contributed by atoms with van der Waals surface area (Å²) in [6, 6.07) is 6.15. The summed E-state index contributed by atoms with van der Waals surface area (Å²) in [6.07, 6.45) is 1.55. The van der Waals surface area contributed by atoms with E-state index in [2.05, 4.69) is 5.32 Å². The summed E-state index contributed by atoms with van der Waals surface area (Å²) in [5, 5.41) is 2.89. The largest absolute Gasteiger partial charge is 0.316 e. The number of halogens is 1. The van der Waals surface area contributed by atoms with Crippen molar-refractivity contribution in [1.82, 2.24) is 5.32 Å². The van der Waals surface area contributed by atoms with Gasteiger partial charge in [0.2, 0.25) is 0 Å². The van der Waals surface area contributed by atoms with Crippen LogP contribution in [-0.2, 0) is 16.3 Å². The quantitative estimate of drug-likeness (QED) is 0.842. The number of nitrogens with one attached hydrogen (secondary N) is 1. The summed E-state index contributed by atoms with van der Waals surface area (Å²) in [6.45, 7) is 0. The van der Waals surface area contributed by atoms with Gasteiger partial charge < -0.3 is 5.32 Å². The lowest BCUT2D eigenvalue weighted by molar-refractivity contribution is 0.549. The van der Waals surface area contributed by atoms with Gasteiger partial charge in [0, 0.05) is 12.3 Å². The molecule has 1 aromatic rings. The fourth-order valence-corrected chi connectivity index (χ4v) is 2.55. The first-order chi connectivity index (χ1) is 7.42. The topological polar surface area (TPSA) is 46.2 Å². The Bertz CT molecular complexity index is 445. The van der Waals surface area contributed by atoms with Crippen molar-refractivity contribution in [3.63, 3.8) is 0 Å². The third-order valence-electron chi connectivity index (χ3n) is 2.34. The zero-order chi connectivity index (χ0) is 12.2. The SMILES string of the molecule is CNC(Cc1ccccc1F)CS(C)(=O)=O. The molecule has 1 atom stereocenters. The zero-order valence-corrected chi connectivity index (χ0v) is 10.2. The van der Waals surface area contributed by atoms with E-state index in [1.165, 1.54) is 12.3 Å². The van der Waals surface area contributed by atoms with Crippen LogP contribution in [0.5, 0.6) is 0 Å². The van der Waals surface area contributed by atoms with Crippen molar-refractivity contribution in [1.29, 1.82) is 0 Å². The molecule has 0 amide bonds. The summed E-state index contributed by atoms with van der Waals surface area (Å²) in [4.78, 5) is 0. The smallest absolute Gasteiger partial charge is 0.148 e. The standard InChI is InChI=1S/C11H16FNO2S/c1-13-10(8-16(2,14)15)7-9-5-3-4-6-11(9)12/h3-6,10,13H,7-8H2,1-2H3. The molecule has 0 fully saturated rings. The molecule has 5 heteroatoms. The maximum Gasteiger partial charge on any atom is 0.148 e. The van der Waals surface area contributed by atoms with Crippen LogP contribution < -0.4 is 5.32 Å². The summed E-state index contributed by atoms with van der Waals surface area (Å²) < 4.78 is 35.6. The van der Waals surface area contributed by atoms with E-state index in [9.17, 15) is 12.8 Å². The first-order valence-corrected chi connectivity index (χ1v) is 7.07. The van der Waals surface area contributed by atoms with Gasteiger partial charge >= 0.3 is 0 Å². The highest BCUT2D eigenvalue weighted by Crippen LogP contribution is 2.09. The summed E-state index contributed by atoms with van der Waals surface area (Å²) in [7, 11) is -1.38. The Morgan fingerprint density at radius 3 is 2.50 bits per heavy atom. The number of sulfone groups is 1. The fraction of sp³-hybridized carbons (Fsp3) is 0.455. The molecule has 0 saturated carbocycles. The van der Waals surface area contributed by atoms with Crippen LogP contribution >= 0.6 is 0 Å². The molecule has 1 rings (SSSR count). The van der Waals surface area contributed by atoms with Crippen LogP contribution in [0, 0.1) is 5.82 Å². The van der Waals surface area contributed by atoms with E-state index in [1.54, 1.807) is 25.2 Å². The number of likely N-dealkylation sites (N-methyl/N-ethyl adjacent to an activating group) is 1. The molecule has 0 saturated heterocycles. The van der Waals surface area contributed by atoms with Gasteiger partial charge in [-0.05, 0) is 25.1 Å². The molecule has 16 heavy (non-hydrogen) atoms. The normalized spacial score (nSPS) is 13.7. The molecule has 0 aliphatic carbocycles. The Kier molecular flexibility index (Phi) is 4.44. The van der Waals surface area contributed by atoms with Crippen LogP contribution in [0.3, 0.4) is 0 Å². The molecule has 3 nitrogen and oxygen atoms in total. The van der Waals surface area contributed by atoms with Gasteiger partial charge in [-0.1, -0.05) is 18.2 Å². The van der Waals surface area contributed by atoms with Gasteiger partial charge in [-0.25, -0.2) is 12.8 Å². The van der Waals surface area contributed by atoms with Gasteiger partial charge in [0.25, 0.3) is 0 Å². The van der Waals surface area contributed by atoms with Crippen LogP contribution in [0.2, 0.25) is 0 Å². The highest BCUT2D eigenvalue weighted by Gasteiger charge is 2.15. The molecule has 1 N–H and O–H groups in total. The molecule has 0 spiro atoms. The minimum atomic E-state index is -3.05.